The van der Waals surface area contributed by atoms with Gasteiger partial charge in [0.15, 0.2) is 10.9 Å². The number of anilines is 2. The second-order valence-corrected chi connectivity index (χ2v) is 6.47. The van der Waals surface area contributed by atoms with Gasteiger partial charge in [-0.05, 0) is 24.3 Å². The third kappa shape index (κ3) is 4.79. The Morgan fingerprint density at radius 3 is 2.59 bits per heavy atom. The molecule has 0 saturated carbocycles. The Balaban J connectivity index is 1.90. The first kappa shape index (κ1) is 20.1. The second kappa shape index (κ2) is 9.02. The van der Waals surface area contributed by atoms with Gasteiger partial charge in [-0.1, -0.05) is 6.07 Å². The van der Waals surface area contributed by atoms with Gasteiger partial charge in [0.1, 0.15) is 22.9 Å². The van der Waals surface area contributed by atoms with Crippen LogP contribution in [0, 0.1) is 5.82 Å². The SMILES string of the molecule is CNC(=O)c1c(OC)cccc1Oc1ccc(F)cc1NC(=O)Nc1nccs1. The topological polar surface area (TPSA) is 102 Å². The monoisotopic (exact) mass is 416 g/mol. The van der Waals surface area contributed by atoms with Gasteiger partial charge in [0.05, 0.1) is 12.8 Å². The molecule has 0 bridgehead atoms. The van der Waals surface area contributed by atoms with Gasteiger partial charge in [0, 0.05) is 24.7 Å². The number of methoxy groups -OCH3 is 1. The minimum atomic E-state index is -0.618. The van der Waals surface area contributed by atoms with Gasteiger partial charge in [-0.25, -0.2) is 14.2 Å². The lowest BCUT2D eigenvalue weighted by Gasteiger charge is -2.16. The summed E-state index contributed by atoms with van der Waals surface area (Å²) in [6, 6.07) is 7.84. The summed E-state index contributed by atoms with van der Waals surface area (Å²) < 4.78 is 24.8. The maximum atomic E-state index is 13.8. The number of nitrogens with zero attached hydrogens (tertiary/aromatic N) is 1. The van der Waals surface area contributed by atoms with Crippen molar-refractivity contribution in [2.45, 2.75) is 0 Å². The molecule has 3 amide bonds. The molecule has 150 valence electrons. The van der Waals surface area contributed by atoms with E-state index in [-0.39, 0.29) is 22.7 Å². The molecule has 0 aliphatic carbocycles. The molecule has 0 aliphatic rings. The zero-order chi connectivity index (χ0) is 20.8. The number of benzene rings is 2. The fourth-order valence-corrected chi connectivity index (χ4v) is 2.98. The zero-order valence-corrected chi connectivity index (χ0v) is 16.3. The number of carbonyl (C=O) groups is 2. The van der Waals surface area contributed by atoms with Crippen molar-refractivity contribution in [2.24, 2.45) is 0 Å². The average Bonchev–Trinajstić information content (AvgIpc) is 3.22. The molecular weight excluding hydrogens is 399 g/mol. The molecular formula is C19H17FN4O4S. The van der Waals surface area contributed by atoms with Crippen molar-refractivity contribution in [1.29, 1.82) is 0 Å². The van der Waals surface area contributed by atoms with Gasteiger partial charge in [0.25, 0.3) is 5.91 Å². The van der Waals surface area contributed by atoms with Crippen LogP contribution in [0.2, 0.25) is 0 Å². The van der Waals surface area contributed by atoms with Gasteiger partial charge in [-0.2, -0.15) is 0 Å². The number of hydrogen-bond donors (Lipinski definition) is 3. The number of thiazole rings is 1. The van der Waals surface area contributed by atoms with E-state index >= 15 is 0 Å². The highest BCUT2D eigenvalue weighted by Crippen LogP contribution is 2.35. The number of rotatable bonds is 6. The molecule has 1 aromatic heterocycles. The summed E-state index contributed by atoms with van der Waals surface area (Å²) in [5.74, 6) is -0.368. The molecule has 3 aromatic rings. The Morgan fingerprint density at radius 1 is 1.10 bits per heavy atom. The summed E-state index contributed by atoms with van der Waals surface area (Å²) in [5.41, 5.74) is 0.241. The maximum absolute atomic E-state index is 13.8. The minimum Gasteiger partial charge on any atom is -0.496 e. The van der Waals surface area contributed by atoms with Gasteiger partial charge < -0.3 is 20.1 Å². The Hall–Kier alpha value is -3.66. The Morgan fingerprint density at radius 2 is 1.90 bits per heavy atom. The lowest BCUT2D eigenvalue weighted by Crippen LogP contribution is -2.20. The molecule has 29 heavy (non-hydrogen) atoms. The summed E-state index contributed by atoms with van der Waals surface area (Å²) >= 11 is 1.24. The molecule has 3 rings (SSSR count). The summed E-state index contributed by atoms with van der Waals surface area (Å²) in [7, 11) is 2.91. The normalized spacial score (nSPS) is 10.2. The first-order chi connectivity index (χ1) is 14.0. The fraction of sp³-hybridized carbons (Fsp3) is 0.105. The molecule has 0 saturated heterocycles. The van der Waals surface area contributed by atoms with Crippen LogP contribution in [0.1, 0.15) is 10.4 Å². The summed E-state index contributed by atoms with van der Waals surface area (Å²) in [6.45, 7) is 0. The molecule has 0 fully saturated rings. The highest BCUT2D eigenvalue weighted by molar-refractivity contribution is 7.13. The number of hydrogen-bond acceptors (Lipinski definition) is 6. The van der Waals surface area contributed by atoms with Crippen molar-refractivity contribution in [3.8, 4) is 17.2 Å². The molecule has 10 heteroatoms. The largest absolute Gasteiger partial charge is 0.496 e. The van der Waals surface area contributed by atoms with Crippen molar-refractivity contribution < 1.29 is 23.5 Å². The van der Waals surface area contributed by atoms with Crippen molar-refractivity contribution in [3.05, 3.63) is 59.4 Å². The fourth-order valence-electron chi connectivity index (χ4n) is 2.46. The number of amides is 3. The third-order valence-corrected chi connectivity index (χ3v) is 4.41. The number of urea groups is 1. The maximum Gasteiger partial charge on any atom is 0.325 e. The standard InChI is InChI=1S/C19H17FN4O4S/c1-21-17(25)16-14(27-2)4-3-5-15(16)28-13-7-6-11(20)10-12(13)23-18(26)24-19-22-8-9-29-19/h3-10H,1-2H3,(H,21,25)(H2,22,23,24,26). The smallest absolute Gasteiger partial charge is 0.325 e. The number of ether oxygens (including phenoxy) is 2. The van der Waals surface area contributed by atoms with Gasteiger partial charge in [-0.15, -0.1) is 11.3 Å². The molecule has 0 spiro atoms. The Bertz CT molecular complexity index is 1030. The Labute approximate surface area is 169 Å². The zero-order valence-electron chi connectivity index (χ0n) is 15.5. The van der Waals surface area contributed by atoms with Crippen LogP contribution in [-0.2, 0) is 0 Å². The van der Waals surface area contributed by atoms with E-state index < -0.39 is 17.8 Å². The van der Waals surface area contributed by atoms with E-state index in [2.05, 4.69) is 20.9 Å². The van der Waals surface area contributed by atoms with E-state index in [0.29, 0.717) is 10.9 Å². The number of halogens is 1. The van der Waals surface area contributed by atoms with Crippen LogP contribution < -0.4 is 25.4 Å². The van der Waals surface area contributed by atoms with Crippen LogP contribution in [0.15, 0.2) is 48.0 Å². The summed E-state index contributed by atoms with van der Waals surface area (Å²) in [6.07, 6.45) is 1.54. The Kier molecular flexibility index (Phi) is 6.25. The van der Waals surface area contributed by atoms with Crippen molar-refractivity contribution in [3.63, 3.8) is 0 Å². The van der Waals surface area contributed by atoms with E-state index in [4.69, 9.17) is 9.47 Å². The molecule has 2 aromatic carbocycles. The van der Waals surface area contributed by atoms with Crippen LogP contribution in [0.5, 0.6) is 17.2 Å². The molecule has 0 unspecified atom stereocenters. The number of nitrogens with one attached hydrogen (secondary N) is 3. The van der Waals surface area contributed by atoms with Crippen molar-refractivity contribution >= 4 is 34.1 Å². The quantitative estimate of drug-likeness (QED) is 0.562. The third-order valence-electron chi connectivity index (χ3n) is 3.72. The lowest BCUT2D eigenvalue weighted by atomic mass is 10.1. The van der Waals surface area contributed by atoms with Crippen LogP contribution in [0.4, 0.5) is 20.0 Å². The van der Waals surface area contributed by atoms with Gasteiger partial charge in [0.2, 0.25) is 0 Å². The predicted octanol–water partition coefficient (Wildman–Crippen LogP) is 4.09. The average molecular weight is 416 g/mol. The molecule has 1 heterocycles. The molecule has 0 aliphatic heterocycles. The lowest BCUT2D eigenvalue weighted by molar-refractivity contribution is 0.0957. The molecule has 0 atom stereocenters. The van der Waals surface area contributed by atoms with E-state index in [1.54, 1.807) is 29.8 Å². The highest BCUT2D eigenvalue weighted by Gasteiger charge is 2.19. The second-order valence-electron chi connectivity index (χ2n) is 5.57. The van der Waals surface area contributed by atoms with E-state index in [1.165, 1.54) is 37.6 Å². The number of carbonyl (C=O) groups excluding carboxylic acids is 2. The van der Waals surface area contributed by atoms with Crippen LogP contribution >= 0.6 is 11.3 Å². The first-order valence-corrected chi connectivity index (χ1v) is 9.23. The van der Waals surface area contributed by atoms with Crippen molar-refractivity contribution in [2.75, 3.05) is 24.8 Å². The van der Waals surface area contributed by atoms with Gasteiger partial charge >= 0.3 is 6.03 Å². The minimum absolute atomic E-state index is 0.0738. The van der Waals surface area contributed by atoms with Gasteiger partial charge in [-0.3, -0.25) is 10.1 Å². The van der Waals surface area contributed by atoms with Crippen LogP contribution in [0.25, 0.3) is 0 Å². The van der Waals surface area contributed by atoms with Crippen LogP contribution in [0.3, 0.4) is 0 Å². The first-order valence-electron chi connectivity index (χ1n) is 8.35. The van der Waals surface area contributed by atoms with Crippen LogP contribution in [-0.4, -0.2) is 31.1 Å². The molecule has 3 N–H and O–H groups in total. The molecule has 0 radical (unpaired) electrons. The van der Waals surface area contributed by atoms with Crippen molar-refractivity contribution in [1.82, 2.24) is 10.3 Å². The van der Waals surface area contributed by atoms with E-state index in [1.807, 2.05) is 0 Å². The number of aromatic nitrogens is 1. The summed E-state index contributed by atoms with van der Waals surface area (Å²) in [4.78, 5) is 28.4. The highest BCUT2D eigenvalue weighted by atomic mass is 32.1. The summed E-state index contributed by atoms with van der Waals surface area (Å²) in [5, 5.41) is 9.66. The van der Waals surface area contributed by atoms with E-state index in [9.17, 15) is 14.0 Å². The molecule has 8 nitrogen and oxygen atoms in total. The predicted molar refractivity (Wildman–Crippen MR) is 108 cm³/mol. The van der Waals surface area contributed by atoms with E-state index in [0.717, 1.165) is 6.07 Å².